The molecule has 1 aromatic heterocycles. The molecule has 0 saturated heterocycles. The normalized spacial score (nSPS) is 11.1. The average molecular weight is 459 g/mol. The van der Waals surface area contributed by atoms with E-state index in [-0.39, 0.29) is 48.9 Å². The summed E-state index contributed by atoms with van der Waals surface area (Å²) in [5, 5.41) is 2.77. The van der Waals surface area contributed by atoms with Gasteiger partial charge in [0, 0.05) is 18.8 Å². The Kier molecular flexibility index (Phi) is 9.41. The highest BCUT2D eigenvalue weighted by atomic mass is 16.2. The van der Waals surface area contributed by atoms with E-state index in [0.29, 0.717) is 18.7 Å². The number of nitrogen functional groups attached to an aromatic ring is 1. The molecular weight excluding hydrogens is 424 g/mol. The number of carbonyl (C=O) groups is 2. The maximum absolute atomic E-state index is 13.2. The van der Waals surface area contributed by atoms with Gasteiger partial charge in [-0.15, -0.1) is 0 Å². The number of aromatic nitrogens is 2. The Morgan fingerprint density at radius 1 is 1.15 bits per heavy atom. The van der Waals surface area contributed by atoms with Crippen LogP contribution in [-0.4, -0.2) is 52.9 Å². The minimum Gasteiger partial charge on any atom is -0.383 e. The molecule has 0 unspecified atom stereocenters. The van der Waals surface area contributed by atoms with Crippen molar-refractivity contribution in [3.63, 3.8) is 0 Å². The number of anilines is 3. The molecule has 4 N–H and O–H groups in total. The molecule has 10 heteroatoms. The molecule has 10 nitrogen and oxygen atoms in total. The molecule has 0 aliphatic rings. The zero-order chi connectivity index (χ0) is 24.5. The topological polar surface area (TPSA) is 134 Å². The first kappa shape index (κ1) is 25.9. The summed E-state index contributed by atoms with van der Waals surface area (Å²) < 4.78 is 1.28. The molecule has 2 aromatic rings. The predicted octanol–water partition coefficient (Wildman–Crippen LogP) is 1.48. The lowest BCUT2D eigenvalue weighted by Gasteiger charge is -2.26. The molecule has 1 heterocycles. The van der Waals surface area contributed by atoms with Crippen LogP contribution in [0.15, 0.2) is 39.9 Å². The minimum absolute atomic E-state index is 0.0130. The van der Waals surface area contributed by atoms with Crippen molar-refractivity contribution in [2.75, 3.05) is 42.6 Å². The SMILES string of the molecule is CCCCN(C(=O)CN(C)CC(=O)Nc1ccccc1)c1c(N)n(CC(C)C)c(=O)[nH]c1=O. The second-order valence-electron chi connectivity index (χ2n) is 8.48. The molecule has 0 aliphatic heterocycles. The first-order valence-electron chi connectivity index (χ1n) is 11.1. The lowest BCUT2D eigenvalue weighted by Crippen LogP contribution is -2.46. The van der Waals surface area contributed by atoms with Crippen LogP contribution in [-0.2, 0) is 16.1 Å². The Morgan fingerprint density at radius 2 is 1.82 bits per heavy atom. The third-order valence-electron chi connectivity index (χ3n) is 4.94. The van der Waals surface area contributed by atoms with Crippen molar-refractivity contribution >= 4 is 29.0 Å². The van der Waals surface area contributed by atoms with E-state index in [4.69, 9.17) is 5.73 Å². The number of aromatic amines is 1. The maximum atomic E-state index is 13.2. The van der Waals surface area contributed by atoms with Gasteiger partial charge in [-0.25, -0.2) is 4.79 Å². The van der Waals surface area contributed by atoms with Crippen molar-refractivity contribution in [3.05, 3.63) is 51.2 Å². The highest BCUT2D eigenvalue weighted by Gasteiger charge is 2.25. The number of H-pyrrole nitrogens is 1. The van der Waals surface area contributed by atoms with Gasteiger partial charge in [-0.3, -0.25) is 28.8 Å². The fraction of sp³-hybridized carbons (Fsp3) is 0.478. The third-order valence-corrected chi connectivity index (χ3v) is 4.94. The van der Waals surface area contributed by atoms with Crippen LogP contribution < -0.4 is 27.2 Å². The monoisotopic (exact) mass is 458 g/mol. The van der Waals surface area contributed by atoms with Gasteiger partial charge < -0.3 is 16.0 Å². The van der Waals surface area contributed by atoms with E-state index < -0.39 is 11.2 Å². The van der Waals surface area contributed by atoms with Crippen molar-refractivity contribution in [3.8, 4) is 0 Å². The Hall–Kier alpha value is -3.40. The molecule has 1 aromatic carbocycles. The largest absolute Gasteiger partial charge is 0.383 e. The van der Waals surface area contributed by atoms with Crippen molar-refractivity contribution < 1.29 is 9.59 Å². The quantitative estimate of drug-likeness (QED) is 0.467. The van der Waals surface area contributed by atoms with Gasteiger partial charge >= 0.3 is 5.69 Å². The summed E-state index contributed by atoms with van der Waals surface area (Å²) in [5.41, 5.74) is 5.54. The van der Waals surface area contributed by atoms with E-state index in [1.807, 2.05) is 39.0 Å². The molecule has 0 saturated carbocycles. The second-order valence-corrected chi connectivity index (χ2v) is 8.48. The van der Waals surface area contributed by atoms with E-state index in [1.54, 1.807) is 24.1 Å². The Balaban J connectivity index is 2.22. The van der Waals surface area contributed by atoms with Gasteiger partial charge in [0.1, 0.15) is 5.82 Å². The summed E-state index contributed by atoms with van der Waals surface area (Å²) in [6.07, 6.45) is 1.44. The summed E-state index contributed by atoms with van der Waals surface area (Å²) >= 11 is 0. The first-order valence-corrected chi connectivity index (χ1v) is 11.1. The molecule has 0 fully saturated rings. The second kappa shape index (κ2) is 12.0. The van der Waals surface area contributed by atoms with Crippen molar-refractivity contribution in [2.45, 2.75) is 40.2 Å². The number of nitrogens with one attached hydrogen (secondary N) is 2. The van der Waals surface area contributed by atoms with E-state index in [2.05, 4.69) is 10.3 Å². The van der Waals surface area contributed by atoms with Gasteiger partial charge in [0.05, 0.1) is 13.1 Å². The number of unbranched alkanes of at least 4 members (excludes halogenated alkanes) is 1. The highest BCUT2D eigenvalue weighted by Crippen LogP contribution is 2.19. The number of hydrogen-bond donors (Lipinski definition) is 3. The van der Waals surface area contributed by atoms with Gasteiger partial charge in [0.25, 0.3) is 5.56 Å². The zero-order valence-electron chi connectivity index (χ0n) is 19.8. The van der Waals surface area contributed by atoms with E-state index in [0.717, 1.165) is 6.42 Å². The number of amides is 2. The van der Waals surface area contributed by atoms with E-state index in [1.165, 1.54) is 9.47 Å². The standard InChI is InChI=1S/C23H34N6O4/c1-5-6-12-28(20-21(24)29(13-16(2)3)23(33)26-22(20)32)19(31)15-27(4)14-18(30)25-17-10-8-7-9-11-17/h7-11,16H,5-6,12-15,24H2,1-4H3,(H,25,30)(H,26,32,33). The Bertz CT molecular complexity index is 1060. The molecule has 2 amide bonds. The zero-order valence-corrected chi connectivity index (χ0v) is 19.8. The fourth-order valence-corrected chi connectivity index (χ4v) is 3.40. The number of para-hydroxylation sites is 1. The molecular formula is C23H34N6O4. The van der Waals surface area contributed by atoms with Gasteiger partial charge in [0.2, 0.25) is 11.8 Å². The summed E-state index contributed by atoms with van der Waals surface area (Å²) in [7, 11) is 1.65. The van der Waals surface area contributed by atoms with Crippen molar-refractivity contribution in [1.29, 1.82) is 0 Å². The smallest absolute Gasteiger partial charge is 0.330 e. The summed E-state index contributed by atoms with van der Waals surface area (Å²) in [4.78, 5) is 55.6. The van der Waals surface area contributed by atoms with E-state index >= 15 is 0 Å². The van der Waals surface area contributed by atoms with Gasteiger partial charge in [-0.05, 0) is 31.5 Å². The van der Waals surface area contributed by atoms with Crippen LogP contribution in [0.5, 0.6) is 0 Å². The highest BCUT2D eigenvalue weighted by molar-refractivity contribution is 5.97. The van der Waals surface area contributed by atoms with Crippen LogP contribution >= 0.6 is 0 Å². The number of nitrogens with two attached hydrogens (primary N) is 1. The number of carbonyl (C=O) groups excluding carboxylic acids is 2. The lowest BCUT2D eigenvalue weighted by atomic mass is 10.2. The van der Waals surface area contributed by atoms with Crippen LogP contribution in [0.2, 0.25) is 0 Å². The summed E-state index contributed by atoms with van der Waals surface area (Å²) in [6, 6.07) is 9.03. The van der Waals surface area contributed by atoms with Crippen LogP contribution in [0, 0.1) is 5.92 Å². The van der Waals surface area contributed by atoms with Gasteiger partial charge in [-0.1, -0.05) is 45.4 Å². The molecule has 2 rings (SSSR count). The number of benzene rings is 1. The molecule has 0 spiro atoms. The Labute approximate surface area is 193 Å². The Morgan fingerprint density at radius 3 is 2.42 bits per heavy atom. The van der Waals surface area contributed by atoms with Crippen LogP contribution in [0.25, 0.3) is 0 Å². The van der Waals surface area contributed by atoms with Crippen LogP contribution in [0.4, 0.5) is 17.2 Å². The average Bonchev–Trinajstić information content (AvgIpc) is 2.73. The van der Waals surface area contributed by atoms with Gasteiger partial charge in [0.15, 0.2) is 5.69 Å². The molecule has 0 bridgehead atoms. The number of nitrogens with zero attached hydrogens (tertiary/aromatic N) is 3. The first-order chi connectivity index (χ1) is 15.6. The van der Waals surface area contributed by atoms with Crippen LogP contribution in [0.1, 0.15) is 33.6 Å². The van der Waals surface area contributed by atoms with E-state index in [9.17, 15) is 19.2 Å². The third kappa shape index (κ3) is 7.31. The number of rotatable bonds is 11. The molecule has 0 radical (unpaired) electrons. The number of hydrogen-bond acceptors (Lipinski definition) is 6. The predicted molar refractivity (Wildman–Crippen MR) is 130 cm³/mol. The summed E-state index contributed by atoms with van der Waals surface area (Å²) in [6.45, 7) is 6.28. The molecule has 0 aliphatic carbocycles. The summed E-state index contributed by atoms with van der Waals surface area (Å²) in [5.74, 6) is -0.575. The molecule has 0 atom stereocenters. The van der Waals surface area contributed by atoms with Crippen LogP contribution in [0.3, 0.4) is 0 Å². The minimum atomic E-state index is -0.702. The maximum Gasteiger partial charge on any atom is 0.330 e. The van der Waals surface area contributed by atoms with Crippen molar-refractivity contribution in [2.24, 2.45) is 5.92 Å². The fourth-order valence-electron chi connectivity index (χ4n) is 3.40. The van der Waals surface area contributed by atoms with Gasteiger partial charge in [-0.2, -0.15) is 0 Å². The van der Waals surface area contributed by atoms with Crippen molar-refractivity contribution in [1.82, 2.24) is 14.5 Å². The lowest BCUT2D eigenvalue weighted by molar-refractivity contribution is -0.121. The molecule has 180 valence electrons. The number of likely N-dealkylation sites (N-methyl/N-ethyl adjacent to an activating group) is 1. The molecule has 33 heavy (non-hydrogen) atoms.